The van der Waals surface area contributed by atoms with Crippen molar-refractivity contribution in [2.75, 3.05) is 38.7 Å². The highest BCUT2D eigenvalue weighted by Gasteiger charge is 2.34. The summed E-state index contributed by atoms with van der Waals surface area (Å²) in [5.74, 6) is 4.69. The maximum absolute atomic E-state index is 12.9. The average Bonchev–Trinajstić information content (AvgIpc) is 2.45. The van der Waals surface area contributed by atoms with E-state index in [0.29, 0.717) is 26.2 Å². The van der Waals surface area contributed by atoms with Crippen molar-refractivity contribution in [2.45, 2.75) is 6.18 Å². The fourth-order valence-electron chi connectivity index (χ4n) is 2.23. The normalized spacial score (nSPS) is 16.9. The number of nitrogens with two attached hydrogens (primary N) is 1. The van der Waals surface area contributed by atoms with Gasteiger partial charge >= 0.3 is 6.18 Å². The summed E-state index contributed by atoms with van der Waals surface area (Å²) in [6.45, 7) is 2.43. The van der Waals surface area contributed by atoms with Crippen molar-refractivity contribution in [3.8, 4) is 0 Å². The topological polar surface area (TPSA) is 61.6 Å². The van der Waals surface area contributed by atoms with Gasteiger partial charge in [0.25, 0.3) is 5.91 Å². The van der Waals surface area contributed by atoms with Gasteiger partial charge in [-0.2, -0.15) is 13.2 Å². The monoisotopic (exact) mass is 302 g/mol. The van der Waals surface area contributed by atoms with E-state index in [2.05, 4.69) is 4.90 Å². The lowest BCUT2D eigenvalue weighted by molar-refractivity contribution is -0.137. The lowest BCUT2D eigenvalue weighted by Crippen LogP contribution is -2.47. The molecule has 1 aliphatic rings. The zero-order valence-electron chi connectivity index (χ0n) is 11.6. The molecule has 0 atom stereocenters. The van der Waals surface area contributed by atoms with Crippen LogP contribution in [0.4, 0.5) is 18.9 Å². The summed E-state index contributed by atoms with van der Waals surface area (Å²) in [5.41, 5.74) is 0.829. The Labute approximate surface area is 120 Å². The number of hydrazine groups is 1. The smallest absolute Gasteiger partial charge is 0.336 e. The van der Waals surface area contributed by atoms with Crippen LogP contribution in [-0.2, 0) is 6.18 Å². The van der Waals surface area contributed by atoms with Crippen LogP contribution in [0, 0.1) is 0 Å². The Hall–Kier alpha value is -1.80. The SMILES string of the molecule is CN1CCN(C(=O)c2ccc(NN)c(C(F)(F)F)c2)CC1. The molecule has 0 spiro atoms. The van der Waals surface area contributed by atoms with Gasteiger partial charge in [-0.25, -0.2) is 0 Å². The number of hydrogen-bond acceptors (Lipinski definition) is 4. The molecule has 0 saturated carbocycles. The van der Waals surface area contributed by atoms with Gasteiger partial charge in [0.2, 0.25) is 0 Å². The highest BCUT2D eigenvalue weighted by molar-refractivity contribution is 5.95. The number of hydrogen-bond donors (Lipinski definition) is 2. The number of benzene rings is 1. The fraction of sp³-hybridized carbons (Fsp3) is 0.462. The molecule has 21 heavy (non-hydrogen) atoms. The molecule has 1 saturated heterocycles. The Morgan fingerprint density at radius 1 is 1.24 bits per heavy atom. The minimum absolute atomic E-state index is 0.0193. The van der Waals surface area contributed by atoms with Crippen molar-refractivity contribution in [3.05, 3.63) is 29.3 Å². The van der Waals surface area contributed by atoms with Crippen molar-refractivity contribution in [1.29, 1.82) is 0 Å². The average molecular weight is 302 g/mol. The third-order valence-corrected chi connectivity index (χ3v) is 3.52. The number of piperazine rings is 1. The zero-order chi connectivity index (χ0) is 15.6. The van der Waals surface area contributed by atoms with Crippen LogP contribution in [0.15, 0.2) is 18.2 Å². The van der Waals surface area contributed by atoms with Crippen LogP contribution in [0.1, 0.15) is 15.9 Å². The largest absolute Gasteiger partial charge is 0.418 e. The molecular weight excluding hydrogens is 285 g/mol. The number of anilines is 1. The van der Waals surface area contributed by atoms with Crippen molar-refractivity contribution in [2.24, 2.45) is 5.84 Å². The van der Waals surface area contributed by atoms with Crippen molar-refractivity contribution < 1.29 is 18.0 Å². The van der Waals surface area contributed by atoms with Crippen LogP contribution in [0.3, 0.4) is 0 Å². The predicted molar refractivity (Wildman–Crippen MR) is 72.7 cm³/mol. The van der Waals surface area contributed by atoms with E-state index in [9.17, 15) is 18.0 Å². The minimum atomic E-state index is -4.57. The number of halogens is 3. The first-order valence-corrected chi connectivity index (χ1v) is 6.48. The van der Waals surface area contributed by atoms with Crippen molar-refractivity contribution in [3.63, 3.8) is 0 Å². The first kappa shape index (κ1) is 15.6. The maximum Gasteiger partial charge on any atom is 0.418 e. The molecule has 5 nitrogen and oxygen atoms in total. The Morgan fingerprint density at radius 3 is 2.38 bits per heavy atom. The molecule has 0 unspecified atom stereocenters. The third-order valence-electron chi connectivity index (χ3n) is 3.52. The molecule has 1 aliphatic heterocycles. The summed E-state index contributed by atoms with van der Waals surface area (Å²) in [4.78, 5) is 15.9. The van der Waals surface area contributed by atoms with Crippen molar-refractivity contribution >= 4 is 11.6 Å². The lowest BCUT2D eigenvalue weighted by atomic mass is 10.1. The number of nitrogen functional groups attached to an aromatic ring is 1. The standard InChI is InChI=1S/C13H17F3N4O/c1-19-4-6-20(7-5-19)12(21)9-2-3-11(18-17)10(8-9)13(14,15)16/h2-3,8,18H,4-7,17H2,1H3. The lowest BCUT2D eigenvalue weighted by Gasteiger charge is -2.32. The van der Waals surface area contributed by atoms with Gasteiger partial charge < -0.3 is 15.2 Å². The van der Waals surface area contributed by atoms with Gasteiger partial charge in [0.05, 0.1) is 11.3 Å². The molecule has 2 rings (SSSR count). The number of amides is 1. The molecule has 1 fully saturated rings. The van der Waals surface area contributed by atoms with Gasteiger partial charge in [-0.05, 0) is 25.2 Å². The summed E-state index contributed by atoms with van der Waals surface area (Å²) >= 11 is 0. The molecule has 1 aromatic rings. The number of nitrogens with zero attached hydrogens (tertiary/aromatic N) is 2. The van der Waals surface area contributed by atoms with E-state index >= 15 is 0 Å². The van der Waals surface area contributed by atoms with Gasteiger partial charge in [-0.15, -0.1) is 0 Å². The molecule has 1 heterocycles. The molecule has 0 bridgehead atoms. The van der Waals surface area contributed by atoms with Gasteiger partial charge in [0.1, 0.15) is 0 Å². The molecule has 1 aromatic carbocycles. The van der Waals surface area contributed by atoms with E-state index in [1.807, 2.05) is 12.5 Å². The second kappa shape index (κ2) is 5.90. The summed E-state index contributed by atoms with van der Waals surface area (Å²) < 4.78 is 38.8. The van der Waals surface area contributed by atoms with E-state index < -0.39 is 17.6 Å². The summed E-state index contributed by atoms with van der Waals surface area (Å²) in [5, 5.41) is 0. The predicted octanol–water partition coefficient (Wildman–Crippen LogP) is 1.38. The second-order valence-corrected chi connectivity index (χ2v) is 5.00. The third kappa shape index (κ3) is 3.45. The maximum atomic E-state index is 12.9. The number of nitrogens with one attached hydrogen (secondary N) is 1. The highest BCUT2D eigenvalue weighted by atomic mass is 19.4. The van der Waals surface area contributed by atoms with Gasteiger partial charge in [0.15, 0.2) is 0 Å². The number of carbonyl (C=O) groups excluding carboxylic acids is 1. The molecule has 0 radical (unpaired) electrons. The second-order valence-electron chi connectivity index (χ2n) is 5.00. The van der Waals surface area contributed by atoms with Crippen LogP contribution in [0.5, 0.6) is 0 Å². The van der Waals surface area contributed by atoms with E-state index in [1.54, 1.807) is 4.90 Å². The first-order valence-electron chi connectivity index (χ1n) is 6.48. The van der Waals surface area contributed by atoms with Crippen LogP contribution in [0.25, 0.3) is 0 Å². The van der Waals surface area contributed by atoms with E-state index in [0.717, 1.165) is 6.07 Å². The number of carbonyl (C=O) groups is 1. The molecule has 0 aliphatic carbocycles. The van der Waals surface area contributed by atoms with E-state index in [4.69, 9.17) is 5.84 Å². The molecular formula is C13H17F3N4O. The van der Waals surface area contributed by atoms with E-state index in [-0.39, 0.29) is 11.3 Å². The van der Waals surface area contributed by atoms with Gasteiger partial charge in [-0.3, -0.25) is 10.6 Å². The van der Waals surface area contributed by atoms with Gasteiger partial charge in [0, 0.05) is 31.7 Å². The molecule has 0 aromatic heterocycles. The molecule has 8 heteroatoms. The van der Waals surface area contributed by atoms with Crippen LogP contribution >= 0.6 is 0 Å². The zero-order valence-corrected chi connectivity index (χ0v) is 11.6. The van der Waals surface area contributed by atoms with Gasteiger partial charge in [-0.1, -0.05) is 0 Å². The Morgan fingerprint density at radius 2 is 1.86 bits per heavy atom. The fourth-order valence-corrected chi connectivity index (χ4v) is 2.23. The quantitative estimate of drug-likeness (QED) is 0.640. The highest BCUT2D eigenvalue weighted by Crippen LogP contribution is 2.35. The number of likely N-dealkylation sites (N-methyl/N-ethyl adjacent to an activating group) is 1. The van der Waals surface area contributed by atoms with E-state index in [1.165, 1.54) is 12.1 Å². The van der Waals surface area contributed by atoms with Crippen LogP contribution in [-0.4, -0.2) is 48.9 Å². The van der Waals surface area contributed by atoms with Crippen LogP contribution < -0.4 is 11.3 Å². The number of alkyl halides is 3. The molecule has 3 N–H and O–H groups in total. The Kier molecular flexibility index (Phi) is 4.38. The number of rotatable bonds is 2. The molecule has 116 valence electrons. The Balaban J connectivity index is 2.26. The van der Waals surface area contributed by atoms with Crippen molar-refractivity contribution in [1.82, 2.24) is 9.80 Å². The summed E-state index contributed by atoms with van der Waals surface area (Å²) in [6.07, 6.45) is -4.57. The molecule has 1 amide bonds. The van der Waals surface area contributed by atoms with Crippen LogP contribution in [0.2, 0.25) is 0 Å². The summed E-state index contributed by atoms with van der Waals surface area (Å²) in [7, 11) is 1.94. The first-order chi connectivity index (χ1) is 9.82. The summed E-state index contributed by atoms with van der Waals surface area (Å²) in [6, 6.07) is 3.37. The minimum Gasteiger partial charge on any atom is -0.336 e. The Bertz CT molecular complexity index is 525.